The van der Waals surface area contributed by atoms with Crippen LogP contribution in [0.5, 0.6) is 0 Å². The Hall–Kier alpha value is -5.66. The van der Waals surface area contributed by atoms with Gasteiger partial charge in [-0.3, -0.25) is 0 Å². The van der Waals surface area contributed by atoms with Gasteiger partial charge in [-0.15, -0.1) is 0 Å². The summed E-state index contributed by atoms with van der Waals surface area (Å²) in [6.07, 6.45) is 0. The fourth-order valence-corrected chi connectivity index (χ4v) is 7.18. The molecule has 0 bridgehead atoms. The van der Waals surface area contributed by atoms with Crippen molar-refractivity contribution >= 4 is 17.1 Å². The highest BCUT2D eigenvalue weighted by Gasteiger charge is 2.36. The van der Waals surface area contributed by atoms with Gasteiger partial charge in [0.05, 0.1) is 5.69 Å². The lowest BCUT2D eigenvalue weighted by Gasteiger charge is -2.30. The van der Waals surface area contributed by atoms with E-state index in [4.69, 9.17) is 0 Å². The van der Waals surface area contributed by atoms with E-state index in [1.54, 1.807) is 0 Å². The van der Waals surface area contributed by atoms with E-state index in [0.29, 0.717) is 0 Å². The monoisotopic (exact) mass is 589 g/mol. The van der Waals surface area contributed by atoms with Crippen molar-refractivity contribution in [1.82, 2.24) is 0 Å². The highest BCUT2D eigenvalue weighted by atomic mass is 15.1. The Balaban J connectivity index is 1.35. The van der Waals surface area contributed by atoms with Crippen LogP contribution < -0.4 is 4.90 Å². The normalized spacial score (nSPS) is 12.7. The van der Waals surface area contributed by atoms with E-state index in [1.165, 1.54) is 55.6 Å². The Bertz CT molecular complexity index is 2140. The Morgan fingerprint density at radius 2 is 0.913 bits per heavy atom. The summed E-state index contributed by atoms with van der Waals surface area (Å²) in [7, 11) is 0. The number of nitrogens with zero attached hydrogens (tertiary/aromatic N) is 1. The van der Waals surface area contributed by atoms with E-state index in [2.05, 4.69) is 195 Å². The topological polar surface area (TPSA) is 3.24 Å². The van der Waals surface area contributed by atoms with Gasteiger partial charge in [-0.05, 0) is 80.4 Å². The summed E-state index contributed by atoms with van der Waals surface area (Å²) in [4.78, 5) is 2.44. The van der Waals surface area contributed by atoms with Crippen molar-refractivity contribution in [3.63, 3.8) is 0 Å². The van der Waals surface area contributed by atoms with Crippen LogP contribution in [0, 0.1) is 0 Å². The molecule has 0 radical (unpaired) electrons. The second-order valence-corrected chi connectivity index (χ2v) is 12.6. The quantitative estimate of drug-likeness (QED) is 0.186. The molecule has 0 aliphatic heterocycles. The summed E-state index contributed by atoms with van der Waals surface area (Å²) in [5, 5.41) is 0. The molecule has 0 heterocycles. The average Bonchev–Trinajstić information content (AvgIpc) is 3.35. The van der Waals surface area contributed by atoms with E-state index >= 15 is 0 Å². The van der Waals surface area contributed by atoms with Gasteiger partial charge < -0.3 is 4.90 Å². The van der Waals surface area contributed by atoms with Crippen LogP contribution >= 0.6 is 0 Å². The van der Waals surface area contributed by atoms with Gasteiger partial charge in [-0.25, -0.2) is 0 Å². The zero-order chi connectivity index (χ0) is 31.1. The minimum atomic E-state index is -0.0910. The van der Waals surface area contributed by atoms with Crippen LogP contribution in [-0.2, 0) is 5.41 Å². The Kier molecular flexibility index (Phi) is 6.88. The van der Waals surface area contributed by atoms with Crippen molar-refractivity contribution in [2.45, 2.75) is 19.3 Å². The van der Waals surface area contributed by atoms with Crippen molar-refractivity contribution in [2.24, 2.45) is 0 Å². The summed E-state index contributed by atoms with van der Waals surface area (Å²) in [6, 6.07) is 63.8. The van der Waals surface area contributed by atoms with Gasteiger partial charge in [0.15, 0.2) is 0 Å². The molecule has 1 aliphatic carbocycles. The molecule has 0 aromatic heterocycles. The van der Waals surface area contributed by atoms with Gasteiger partial charge in [0.1, 0.15) is 0 Å². The lowest BCUT2D eigenvalue weighted by Crippen LogP contribution is -2.17. The third-order valence-corrected chi connectivity index (χ3v) is 9.49. The van der Waals surface area contributed by atoms with Crippen LogP contribution in [0.15, 0.2) is 176 Å². The number of hydrogen-bond donors (Lipinski definition) is 0. The lowest BCUT2D eigenvalue weighted by atomic mass is 9.82. The number of benzene rings is 7. The Labute approximate surface area is 272 Å². The first-order valence-electron chi connectivity index (χ1n) is 16.0. The maximum atomic E-state index is 2.44. The van der Waals surface area contributed by atoms with Gasteiger partial charge in [0.25, 0.3) is 0 Å². The van der Waals surface area contributed by atoms with Crippen molar-refractivity contribution in [3.8, 4) is 44.5 Å². The fraction of sp³-hybridized carbons (Fsp3) is 0.0667. The molecule has 0 amide bonds. The molecule has 0 spiro atoms. The lowest BCUT2D eigenvalue weighted by molar-refractivity contribution is 0.660. The molecule has 1 nitrogen and oxygen atoms in total. The first kappa shape index (κ1) is 27.9. The molecule has 0 fully saturated rings. The van der Waals surface area contributed by atoms with Gasteiger partial charge >= 0.3 is 0 Å². The molecule has 0 saturated carbocycles. The van der Waals surface area contributed by atoms with Gasteiger partial charge in [-0.2, -0.15) is 0 Å². The number of hydrogen-bond acceptors (Lipinski definition) is 1. The molecule has 1 heteroatoms. The zero-order valence-electron chi connectivity index (χ0n) is 26.2. The summed E-state index contributed by atoms with van der Waals surface area (Å²) >= 11 is 0. The molecule has 1 aliphatic rings. The minimum Gasteiger partial charge on any atom is -0.310 e. The van der Waals surface area contributed by atoms with Crippen LogP contribution in [0.4, 0.5) is 17.1 Å². The second kappa shape index (κ2) is 11.4. The number of rotatable bonds is 6. The van der Waals surface area contributed by atoms with Gasteiger partial charge in [-0.1, -0.05) is 159 Å². The van der Waals surface area contributed by atoms with Crippen molar-refractivity contribution in [1.29, 1.82) is 0 Å². The fourth-order valence-electron chi connectivity index (χ4n) is 7.18. The van der Waals surface area contributed by atoms with E-state index in [0.717, 1.165) is 17.1 Å². The third-order valence-electron chi connectivity index (χ3n) is 9.49. The average molecular weight is 590 g/mol. The molecule has 0 atom stereocenters. The van der Waals surface area contributed by atoms with Crippen molar-refractivity contribution in [3.05, 3.63) is 187 Å². The standard InChI is InChI=1S/C45H35N/c1-45(2)41-23-13-12-21-39(41)40-30-29-37(31-42(40)45)46(36-19-10-5-11-20-36)43-24-14-22-38(34-17-8-4-9-18-34)44(43)35-27-25-33(26-28-35)32-15-6-3-7-16-32/h3-31H,1-2H3. The number of para-hydroxylation sites is 1. The highest BCUT2D eigenvalue weighted by molar-refractivity contribution is 5.97. The van der Waals surface area contributed by atoms with Gasteiger partial charge in [0.2, 0.25) is 0 Å². The highest BCUT2D eigenvalue weighted by Crippen LogP contribution is 2.52. The summed E-state index contributed by atoms with van der Waals surface area (Å²) in [5.41, 5.74) is 16.0. The van der Waals surface area contributed by atoms with E-state index < -0.39 is 0 Å². The molecule has 0 N–H and O–H groups in total. The first-order valence-corrected chi connectivity index (χ1v) is 16.0. The largest absolute Gasteiger partial charge is 0.310 e. The Morgan fingerprint density at radius 1 is 0.370 bits per heavy atom. The SMILES string of the molecule is CC1(C)c2ccccc2-c2ccc(N(c3ccccc3)c3cccc(-c4ccccc4)c3-c3ccc(-c4ccccc4)cc3)cc21. The van der Waals surface area contributed by atoms with Crippen molar-refractivity contribution in [2.75, 3.05) is 4.90 Å². The predicted octanol–water partition coefficient (Wildman–Crippen LogP) is 12.5. The number of fused-ring (bicyclic) bond motifs is 3. The molecule has 0 unspecified atom stereocenters. The predicted molar refractivity (Wildman–Crippen MR) is 195 cm³/mol. The van der Waals surface area contributed by atoms with Crippen LogP contribution in [0.1, 0.15) is 25.0 Å². The minimum absolute atomic E-state index is 0.0910. The molecule has 220 valence electrons. The van der Waals surface area contributed by atoms with E-state index in [-0.39, 0.29) is 5.41 Å². The van der Waals surface area contributed by atoms with Gasteiger partial charge in [0, 0.05) is 22.4 Å². The van der Waals surface area contributed by atoms with Crippen LogP contribution in [-0.4, -0.2) is 0 Å². The Morgan fingerprint density at radius 3 is 1.63 bits per heavy atom. The molecule has 46 heavy (non-hydrogen) atoms. The van der Waals surface area contributed by atoms with Crippen LogP contribution in [0.2, 0.25) is 0 Å². The molecule has 0 saturated heterocycles. The number of anilines is 3. The summed E-state index contributed by atoms with van der Waals surface area (Å²) < 4.78 is 0. The summed E-state index contributed by atoms with van der Waals surface area (Å²) in [5.74, 6) is 0. The molecule has 7 aromatic carbocycles. The zero-order valence-corrected chi connectivity index (χ0v) is 26.2. The van der Waals surface area contributed by atoms with E-state index in [9.17, 15) is 0 Å². The van der Waals surface area contributed by atoms with E-state index in [1.807, 2.05) is 0 Å². The molecule has 7 aromatic rings. The van der Waals surface area contributed by atoms with Crippen LogP contribution in [0.25, 0.3) is 44.5 Å². The molecule has 8 rings (SSSR count). The third kappa shape index (κ3) is 4.73. The maximum absolute atomic E-state index is 2.44. The van der Waals surface area contributed by atoms with Crippen molar-refractivity contribution < 1.29 is 0 Å². The second-order valence-electron chi connectivity index (χ2n) is 12.6. The first-order chi connectivity index (χ1) is 22.6. The maximum Gasteiger partial charge on any atom is 0.0546 e. The smallest absolute Gasteiger partial charge is 0.0546 e. The summed E-state index contributed by atoms with van der Waals surface area (Å²) in [6.45, 7) is 4.70. The van der Waals surface area contributed by atoms with Crippen LogP contribution in [0.3, 0.4) is 0 Å². The molecular weight excluding hydrogens is 555 g/mol. The molecular formula is C45H35N.